The minimum Gasteiger partial charge on any atom is -0.366 e. The van der Waals surface area contributed by atoms with Crippen molar-refractivity contribution in [1.82, 2.24) is 9.88 Å². The van der Waals surface area contributed by atoms with Gasteiger partial charge in [0, 0.05) is 24.5 Å². The molecule has 1 aromatic heterocycles. The van der Waals surface area contributed by atoms with Crippen molar-refractivity contribution in [2.75, 3.05) is 7.05 Å². The van der Waals surface area contributed by atoms with Crippen LogP contribution in [0.3, 0.4) is 0 Å². The van der Waals surface area contributed by atoms with Gasteiger partial charge in [0.05, 0.1) is 5.51 Å². The van der Waals surface area contributed by atoms with Gasteiger partial charge in [-0.2, -0.15) is 0 Å². The van der Waals surface area contributed by atoms with Gasteiger partial charge in [-0.1, -0.05) is 12.1 Å². The number of primary amides is 1. The van der Waals surface area contributed by atoms with Gasteiger partial charge >= 0.3 is 0 Å². The van der Waals surface area contributed by atoms with Gasteiger partial charge in [0.15, 0.2) is 0 Å². The van der Waals surface area contributed by atoms with E-state index in [4.69, 9.17) is 5.73 Å². The van der Waals surface area contributed by atoms with Crippen molar-refractivity contribution in [3.63, 3.8) is 0 Å². The highest BCUT2D eigenvalue weighted by Gasteiger charge is 2.13. The molecular formula is C13H13N3O2S. The lowest BCUT2D eigenvalue weighted by molar-refractivity contribution is 0.0779. The fraction of sp³-hybridized carbons (Fsp3) is 0.154. The molecule has 2 aromatic rings. The van der Waals surface area contributed by atoms with Gasteiger partial charge in [-0.15, -0.1) is 11.3 Å². The van der Waals surface area contributed by atoms with Gasteiger partial charge < -0.3 is 10.6 Å². The fourth-order valence-electron chi connectivity index (χ4n) is 1.63. The van der Waals surface area contributed by atoms with Crippen molar-refractivity contribution in [3.05, 3.63) is 52.0 Å². The number of nitrogens with two attached hydrogens (primary N) is 1. The monoisotopic (exact) mass is 275 g/mol. The van der Waals surface area contributed by atoms with Gasteiger partial charge in [0.1, 0.15) is 5.69 Å². The van der Waals surface area contributed by atoms with E-state index in [0.29, 0.717) is 17.8 Å². The Morgan fingerprint density at radius 2 is 2.00 bits per heavy atom. The van der Waals surface area contributed by atoms with E-state index < -0.39 is 5.91 Å². The zero-order valence-corrected chi connectivity index (χ0v) is 11.2. The molecule has 0 atom stereocenters. The molecule has 1 heterocycles. The van der Waals surface area contributed by atoms with Crippen LogP contribution < -0.4 is 5.73 Å². The van der Waals surface area contributed by atoms with Gasteiger partial charge in [-0.3, -0.25) is 9.59 Å². The van der Waals surface area contributed by atoms with Gasteiger partial charge in [-0.05, 0) is 17.7 Å². The summed E-state index contributed by atoms with van der Waals surface area (Å²) in [6, 6.07) is 6.87. The van der Waals surface area contributed by atoms with Crippen molar-refractivity contribution >= 4 is 23.2 Å². The lowest BCUT2D eigenvalue weighted by atomic mass is 10.1. The first kappa shape index (κ1) is 13.2. The number of amides is 2. The molecule has 0 fully saturated rings. The summed E-state index contributed by atoms with van der Waals surface area (Å²) in [6.45, 7) is 0.454. The van der Waals surface area contributed by atoms with E-state index in [-0.39, 0.29) is 5.91 Å². The maximum Gasteiger partial charge on any atom is 0.273 e. The summed E-state index contributed by atoms with van der Waals surface area (Å²) in [6.07, 6.45) is 0. The van der Waals surface area contributed by atoms with Crippen LogP contribution in [0.5, 0.6) is 0 Å². The predicted octanol–water partition coefficient (Wildman–Crippen LogP) is 1.51. The number of aromatic nitrogens is 1. The van der Waals surface area contributed by atoms with Crippen LogP contribution in [-0.2, 0) is 6.54 Å². The summed E-state index contributed by atoms with van der Waals surface area (Å²) >= 11 is 1.39. The fourth-order valence-corrected chi connectivity index (χ4v) is 2.16. The van der Waals surface area contributed by atoms with Crippen molar-refractivity contribution in [3.8, 4) is 0 Å². The summed E-state index contributed by atoms with van der Waals surface area (Å²) < 4.78 is 0. The molecule has 6 heteroatoms. The van der Waals surface area contributed by atoms with Crippen LogP contribution >= 0.6 is 11.3 Å². The average Bonchev–Trinajstić information content (AvgIpc) is 2.92. The van der Waals surface area contributed by atoms with Crippen molar-refractivity contribution in [2.24, 2.45) is 5.73 Å². The SMILES string of the molecule is CN(Cc1ccc(C(N)=O)cc1)C(=O)c1cscn1. The molecule has 98 valence electrons. The number of hydrogen-bond acceptors (Lipinski definition) is 4. The first-order valence-electron chi connectivity index (χ1n) is 5.60. The number of nitrogens with zero attached hydrogens (tertiary/aromatic N) is 2. The van der Waals surface area contributed by atoms with E-state index in [0.717, 1.165) is 5.56 Å². The molecule has 19 heavy (non-hydrogen) atoms. The molecule has 5 nitrogen and oxygen atoms in total. The average molecular weight is 275 g/mol. The van der Waals surface area contributed by atoms with Crippen molar-refractivity contribution in [2.45, 2.75) is 6.54 Å². The van der Waals surface area contributed by atoms with Crippen LogP contribution in [0.15, 0.2) is 35.2 Å². The Morgan fingerprint density at radius 1 is 1.32 bits per heavy atom. The van der Waals surface area contributed by atoms with Crippen LogP contribution in [0.25, 0.3) is 0 Å². The molecule has 0 unspecified atom stereocenters. The second-order valence-corrected chi connectivity index (χ2v) is 4.81. The Labute approximate surface area is 114 Å². The highest BCUT2D eigenvalue weighted by Crippen LogP contribution is 2.10. The van der Waals surface area contributed by atoms with Crippen LogP contribution in [0, 0.1) is 0 Å². The molecule has 0 aliphatic rings. The minimum absolute atomic E-state index is 0.125. The molecule has 2 amide bonds. The Balaban J connectivity index is 2.04. The number of rotatable bonds is 4. The molecule has 0 saturated heterocycles. The van der Waals surface area contributed by atoms with E-state index in [9.17, 15) is 9.59 Å². The number of thiazole rings is 1. The van der Waals surface area contributed by atoms with Crippen molar-refractivity contribution in [1.29, 1.82) is 0 Å². The Bertz CT molecular complexity index is 578. The summed E-state index contributed by atoms with van der Waals surface area (Å²) in [5.41, 5.74) is 8.62. The van der Waals surface area contributed by atoms with E-state index in [1.165, 1.54) is 11.3 Å². The summed E-state index contributed by atoms with van der Waals surface area (Å²) in [7, 11) is 1.71. The van der Waals surface area contributed by atoms with Crippen LogP contribution in [0.2, 0.25) is 0 Å². The van der Waals surface area contributed by atoms with Crippen molar-refractivity contribution < 1.29 is 9.59 Å². The zero-order valence-electron chi connectivity index (χ0n) is 10.4. The Morgan fingerprint density at radius 3 is 2.53 bits per heavy atom. The van der Waals surface area contributed by atoms with E-state index in [1.54, 1.807) is 47.1 Å². The summed E-state index contributed by atoms with van der Waals surface area (Å²) in [4.78, 5) is 28.5. The zero-order chi connectivity index (χ0) is 13.8. The van der Waals surface area contributed by atoms with Gasteiger partial charge in [0.2, 0.25) is 5.91 Å². The highest BCUT2D eigenvalue weighted by atomic mass is 32.1. The van der Waals surface area contributed by atoms with Crippen LogP contribution in [0.1, 0.15) is 26.4 Å². The van der Waals surface area contributed by atoms with Gasteiger partial charge in [-0.25, -0.2) is 4.98 Å². The predicted molar refractivity (Wildman–Crippen MR) is 72.9 cm³/mol. The minimum atomic E-state index is -0.460. The van der Waals surface area contributed by atoms with Crippen LogP contribution in [0.4, 0.5) is 0 Å². The molecule has 1 aromatic carbocycles. The first-order chi connectivity index (χ1) is 9.08. The molecule has 0 radical (unpaired) electrons. The molecule has 0 bridgehead atoms. The molecule has 2 rings (SSSR count). The Kier molecular flexibility index (Phi) is 3.91. The Hall–Kier alpha value is -2.21. The smallest absolute Gasteiger partial charge is 0.273 e. The van der Waals surface area contributed by atoms with E-state index in [2.05, 4.69) is 4.98 Å². The van der Waals surface area contributed by atoms with E-state index >= 15 is 0 Å². The molecule has 0 aliphatic heterocycles. The quantitative estimate of drug-likeness (QED) is 0.919. The van der Waals surface area contributed by atoms with Crippen LogP contribution in [-0.4, -0.2) is 28.7 Å². The standard InChI is InChI=1S/C13H13N3O2S/c1-16(13(18)11-7-19-8-15-11)6-9-2-4-10(5-3-9)12(14)17/h2-5,7-8H,6H2,1H3,(H2,14,17). The van der Waals surface area contributed by atoms with Gasteiger partial charge in [0.25, 0.3) is 5.91 Å². The summed E-state index contributed by atoms with van der Waals surface area (Å²) in [5, 5.41) is 1.72. The molecular weight excluding hydrogens is 262 g/mol. The third-order valence-electron chi connectivity index (χ3n) is 2.66. The molecule has 2 N–H and O–H groups in total. The highest BCUT2D eigenvalue weighted by molar-refractivity contribution is 7.07. The number of hydrogen-bond donors (Lipinski definition) is 1. The maximum atomic E-state index is 12.0. The number of benzene rings is 1. The van der Waals surface area contributed by atoms with E-state index in [1.807, 2.05) is 0 Å². The number of carbonyl (C=O) groups is 2. The third kappa shape index (κ3) is 3.17. The lowest BCUT2D eigenvalue weighted by Gasteiger charge is -2.16. The first-order valence-corrected chi connectivity index (χ1v) is 6.54. The molecule has 0 aliphatic carbocycles. The normalized spacial score (nSPS) is 10.2. The maximum absolute atomic E-state index is 12.0. The second kappa shape index (κ2) is 5.62. The largest absolute Gasteiger partial charge is 0.366 e. The topological polar surface area (TPSA) is 76.3 Å². The molecule has 0 spiro atoms. The number of carbonyl (C=O) groups excluding carboxylic acids is 2. The second-order valence-electron chi connectivity index (χ2n) is 4.10. The molecule has 0 saturated carbocycles. The third-order valence-corrected chi connectivity index (χ3v) is 3.24. The lowest BCUT2D eigenvalue weighted by Crippen LogP contribution is -2.26. The summed E-state index contributed by atoms with van der Waals surface area (Å²) in [5.74, 6) is -0.585.